The zero-order chi connectivity index (χ0) is 13.4. The number of hydrogen-bond acceptors (Lipinski definition) is 2. The summed E-state index contributed by atoms with van der Waals surface area (Å²) in [4.78, 5) is 0. The Morgan fingerprint density at radius 3 is 2.61 bits per heavy atom. The summed E-state index contributed by atoms with van der Waals surface area (Å²) in [5.41, 5.74) is 4.23. The average molecular weight is 265 g/mol. The number of hydrogen-bond donors (Lipinski definition) is 1. The van der Waals surface area contributed by atoms with Crippen LogP contribution >= 0.6 is 11.8 Å². The molecule has 1 nitrogen and oxygen atoms in total. The third kappa shape index (κ3) is 5.03. The van der Waals surface area contributed by atoms with Crippen LogP contribution in [0.2, 0.25) is 0 Å². The Kier molecular flexibility index (Phi) is 7.45. The Balaban J connectivity index is 2.64. The summed E-state index contributed by atoms with van der Waals surface area (Å²) in [6.07, 6.45) is 2.62. The molecule has 2 heteroatoms. The van der Waals surface area contributed by atoms with Gasteiger partial charge < -0.3 is 5.32 Å². The Morgan fingerprint density at radius 2 is 2.00 bits per heavy atom. The molecule has 18 heavy (non-hydrogen) atoms. The minimum Gasteiger partial charge on any atom is -0.310 e. The molecule has 102 valence electrons. The molecule has 0 aromatic heterocycles. The van der Waals surface area contributed by atoms with Crippen LogP contribution in [0.1, 0.15) is 49.4 Å². The lowest BCUT2D eigenvalue weighted by molar-refractivity contribution is 0.603. The van der Waals surface area contributed by atoms with Gasteiger partial charge in [-0.1, -0.05) is 44.0 Å². The second-order valence-corrected chi connectivity index (χ2v) is 6.05. The van der Waals surface area contributed by atoms with Gasteiger partial charge >= 0.3 is 0 Å². The first-order chi connectivity index (χ1) is 8.69. The van der Waals surface area contributed by atoms with Crippen LogP contribution in [0.25, 0.3) is 0 Å². The van der Waals surface area contributed by atoms with Crippen LogP contribution in [0.5, 0.6) is 0 Å². The van der Waals surface area contributed by atoms with E-state index in [2.05, 4.69) is 63.0 Å². The molecule has 0 aliphatic heterocycles. The molecule has 0 spiro atoms. The van der Waals surface area contributed by atoms with Gasteiger partial charge in [0.15, 0.2) is 0 Å². The second kappa shape index (κ2) is 8.60. The Morgan fingerprint density at radius 1 is 1.22 bits per heavy atom. The van der Waals surface area contributed by atoms with Gasteiger partial charge in [0.05, 0.1) is 0 Å². The normalized spacial score (nSPS) is 12.7. The summed E-state index contributed by atoms with van der Waals surface area (Å²) in [5.74, 6) is 2.46. The predicted octanol–water partition coefficient (Wildman–Crippen LogP) is 4.49. The van der Waals surface area contributed by atoms with Crippen molar-refractivity contribution in [3.8, 4) is 0 Å². The molecule has 1 N–H and O–H groups in total. The topological polar surface area (TPSA) is 12.0 Å². The van der Waals surface area contributed by atoms with Gasteiger partial charge in [-0.25, -0.2) is 0 Å². The number of rotatable bonds is 8. The van der Waals surface area contributed by atoms with Crippen molar-refractivity contribution in [2.24, 2.45) is 0 Å². The molecule has 1 aromatic carbocycles. The van der Waals surface area contributed by atoms with Crippen molar-refractivity contribution >= 4 is 11.8 Å². The molecule has 1 unspecified atom stereocenters. The van der Waals surface area contributed by atoms with Crippen molar-refractivity contribution in [2.75, 3.05) is 18.1 Å². The lowest BCUT2D eigenvalue weighted by Crippen LogP contribution is -2.24. The van der Waals surface area contributed by atoms with Crippen LogP contribution in [0.4, 0.5) is 0 Å². The molecule has 0 radical (unpaired) electrons. The highest BCUT2D eigenvalue weighted by Gasteiger charge is 2.12. The van der Waals surface area contributed by atoms with Gasteiger partial charge in [0.25, 0.3) is 0 Å². The standard InChI is InChI=1S/C16H27NS/c1-5-7-10-18-12-16(17-6-2)15-9-8-13(3)11-14(15)4/h8-9,11,16-17H,5-7,10,12H2,1-4H3. The van der Waals surface area contributed by atoms with E-state index >= 15 is 0 Å². The molecular formula is C16H27NS. The first kappa shape index (κ1) is 15.6. The highest BCUT2D eigenvalue weighted by Crippen LogP contribution is 2.23. The van der Waals surface area contributed by atoms with Gasteiger partial charge in [0.1, 0.15) is 0 Å². The van der Waals surface area contributed by atoms with E-state index in [1.165, 1.54) is 41.0 Å². The van der Waals surface area contributed by atoms with E-state index < -0.39 is 0 Å². The molecule has 1 atom stereocenters. The molecule has 0 saturated carbocycles. The van der Waals surface area contributed by atoms with Crippen molar-refractivity contribution in [2.45, 2.75) is 46.6 Å². The van der Waals surface area contributed by atoms with E-state index in [0.717, 1.165) is 6.54 Å². The quantitative estimate of drug-likeness (QED) is 0.695. The molecule has 0 aliphatic rings. The lowest BCUT2D eigenvalue weighted by Gasteiger charge is -2.20. The van der Waals surface area contributed by atoms with E-state index in [9.17, 15) is 0 Å². The highest BCUT2D eigenvalue weighted by atomic mass is 32.2. The van der Waals surface area contributed by atoms with Crippen LogP contribution in [0.3, 0.4) is 0 Å². The van der Waals surface area contributed by atoms with Crippen LogP contribution in [0.15, 0.2) is 18.2 Å². The molecule has 1 rings (SSSR count). The van der Waals surface area contributed by atoms with Crippen molar-refractivity contribution in [1.82, 2.24) is 5.32 Å². The third-order valence-electron chi connectivity index (χ3n) is 3.18. The first-order valence-electron chi connectivity index (χ1n) is 7.07. The van der Waals surface area contributed by atoms with Crippen LogP contribution < -0.4 is 5.32 Å². The van der Waals surface area contributed by atoms with E-state index in [0.29, 0.717) is 6.04 Å². The Hall–Kier alpha value is -0.470. The van der Waals surface area contributed by atoms with Crippen LogP contribution in [0, 0.1) is 13.8 Å². The molecule has 0 saturated heterocycles. The van der Waals surface area contributed by atoms with Gasteiger partial charge in [0.2, 0.25) is 0 Å². The summed E-state index contributed by atoms with van der Waals surface area (Å²) >= 11 is 2.07. The van der Waals surface area contributed by atoms with Gasteiger partial charge in [-0.3, -0.25) is 0 Å². The van der Waals surface area contributed by atoms with Crippen molar-refractivity contribution < 1.29 is 0 Å². The smallest absolute Gasteiger partial charge is 0.0414 e. The highest BCUT2D eigenvalue weighted by molar-refractivity contribution is 7.99. The molecule has 0 fully saturated rings. The fourth-order valence-electron chi connectivity index (χ4n) is 2.17. The number of thioether (sulfide) groups is 1. The maximum Gasteiger partial charge on any atom is 0.0414 e. The summed E-state index contributed by atoms with van der Waals surface area (Å²) in [5, 5.41) is 3.62. The minimum atomic E-state index is 0.498. The van der Waals surface area contributed by atoms with Gasteiger partial charge in [0, 0.05) is 11.8 Å². The largest absolute Gasteiger partial charge is 0.310 e. The fraction of sp³-hybridized carbons (Fsp3) is 0.625. The minimum absolute atomic E-state index is 0.498. The number of unbranched alkanes of at least 4 members (excludes halogenated alkanes) is 1. The molecule has 0 bridgehead atoms. The third-order valence-corrected chi connectivity index (χ3v) is 4.32. The lowest BCUT2D eigenvalue weighted by atomic mass is 10.0. The molecule has 0 amide bonds. The fourth-order valence-corrected chi connectivity index (χ4v) is 3.36. The molecular weight excluding hydrogens is 238 g/mol. The van der Waals surface area contributed by atoms with Crippen molar-refractivity contribution in [3.63, 3.8) is 0 Å². The number of nitrogens with one attached hydrogen (secondary N) is 1. The first-order valence-corrected chi connectivity index (χ1v) is 8.22. The Labute approximate surface area is 117 Å². The SMILES string of the molecule is CCCCSCC(NCC)c1ccc(C)cc1C. The van der Waals surface area contributed by atoms with Crippen molar-refractivity contribution in [3.05, 3.63) is 34.9 Å². The average Bonchev–Trinajstić information content (AvgIpc) is 2.34. The summed E-state index contributed by atoms with van der Waals surface area (Å²) in [6.45, 7) is 9.87. The molecule has 0 heterocycles. The maximum absolute atomic E-state index is 3.62. The predicted molar refractivity (Wildman–Crippen MR) is 84.6 cm³/mol. The van der Waals surface area contributed by atoms with Crippen LogP contribution in [-0.2, 0) is 0 Å². The van der Waals surface area contributed by atoms with Gasteiger partial charge in [-0.05, 0) is 43.7 Å². The van der Waals surface area contributed by atoms with Gasteiger partial charge in [-0.15, -0.1) is 0 Å². The number of benzene rings is 1. The maximum atomic E-state index is 3.62. The summed E-state index contributed by atoms with van der Waals surface area (Å²) in [6, 6.07) is 7.30. The van der Waals surface area contributed by atoms with E-state index in [4.69, 9.17) is 0 Å². The second-order valence-electron chi connectivity index (χ2n) is 4.90. The Bertz CT molecular complexity index is 349. The number of aryl methyl sites for hydroxylation is 2. The van der Waals surface area contributed by atoms with Crippen LogP contribution in [-0.4, -0.2) is 18.1 Å². The molecule has 0 aliphatic carbocycles. The van der Waals surface area contributed by atoms with E-state index in [-0.39, 0.29) is 0 Å². The van der Waals surface area contributed by atoms with E-state index in [1.54, 1.807) is 0 Å². The van der Waals surface area contributed by atoms with Gasteiger partial charge in [-0.2, -0.15) is 11.8 Å². The zero-order valence-corrected chi connectivity index (χ0v) is 13.1. The zero-order valence-electron chi connectivity index (χ0n) is 12.3. The summed E-state index contributed by atoms with van der Waals surface area (Å²) < 4.78 is 0. The molecule has 1 aromatic rings. The van der Waals surface area contributed by atoms with E-state index in [1.807, 2.05) is 0 Å². The van der Waals surface area contributed by atoms with Crippen molar-refractivity contribution in [1.29, 1.82) is 0 Å². The summed E-state index contributed by atoms with van der Waals surface area (Å²) in [7, 11) is 0. The monoisotopic (exact) mass is 265 g/mol.